The molecule has 0 bridgehead atoms. The van der Waals surface area contributed by atoms with Gasteiger partial charge in [-0.3, -0.25) is 0 Å². The predicted molar refractivity (Wildman–Crippen MR) is 50.5 cm³/mol. The molecule has 0 unspecified atom stereocenters. The van der Waals surface area contributed by atoms with Gasteiger partial charge in [-0.25, -0.2) is 9.97 Å². The Balaban J connectivity index is 3.09. The van der Waals surface area contributed by atoms with E-state index in [0.717, 1.165) is 17.6 Å². The molecule has 0 spiro atoms. The minimum atomic E-state index is 0.523. The van der Waals surface area contributed by atoms with E-state index in [0.29, 0.717) is 11.6 Å². The Bertz CT molecular complexity index is 305. The lowest BCUT2D eigenvalue weighted by atomic mass is 10.1. The number of hydrogen-bond donors (Lipinski definition) is 1. The number of aromatic nitrogens is 2. The SMILES string of the molecule is C=C(CC)c1cnc(C)nc1N. The molecular formula is C9H13N3. The van der Waals surface area contributed by atoms with Crippen LogP contribution in [0.25, 0.3) is 5.57 Å². The van der Waals surface area contributed by atoms with Crippen LogP contribution >= 0.6 is 0 Å². The molecule has 0 fully saturated rings. The van der Waals surface area contributed by atoms with E-state index < -0.39 is 0 Å². The maximum absolute atomic E-state index is 5.69. The summed E-state index contributed by atoms with van der Waals surface area (Å²) in [6, 6.07) is 0. The Hall–Kier alpha value is -1.38. The summed E-state index contributed by atoms with van der Waals surface area (Å²) >= 11 is 0. The van der Waals surface area contributed by atoms with Crippen LogP contribution in [-0.4, -0.2) is 9.97 Å². The molecule has 0 amide bonds. The first-order valence-corrected chi connectivity index (χ1v) is 3.92. The van der Waals surface area contributed by atoms with Crippen LogP contribution in [0.4, 0.5) is 5.82 Å². The van der Waals surface area contributed by atoms with Gasteiger partial charge in [0, 0.05) is 11.8 Å². The van der Waals surface area contributed by atoms with Crippen LogP contribution < -0.4 is 5.73 Å². The normalized spacial score (nSPS) is 9.83. The number of allylic oxidation sites excluding steroid dienone is 1. The summed E-state index contributed by atoms with van der Waals surface area (Å²) in [6.45, 7) is 7.72. The second-order valence-corrected chi connectivity index (χ2v) is 2.67. The van der Waals surface area contributed by atoms with Gasteiger partial charge in [-0.15, -0.1) is 0 Å². The van der Waals surface area contributed by atoms with Crippen molar-refractivity contribution in [3.8, 4) is 0 Å². The third-order valence-corrected chi connectivity index (χ3v) is 1.75. The van der Waals surface area contributed by atoms with Crippen molar-refractivity contribution in [3.05, 3.63) is 24.2 Å². The minimum Gasteiger partial charge on any atom is -0.383 e. The lowest BCUT2D eigenvalue weighted by Crippen LogP contribution is -2.00. The Labute approximate surface area is 72.3 Å². The summed E-state index contributed by atoms with van der Waals surface area (Å²) in [5, 5.41) is 0. The summed E-state index contributed by atoms with van der Waals surface area (Å²) in [6.07, 6.45) is 2.60. The van der Waals surface area contributed by atoms with E-state index in [2.05, 4.69) is 16.5 Å². The highest BCUT2D eigenvalue weighted by atomic mass is 14.9. The van der Waals surface area contributed by atoms with Crippen LogP contribution in [0.2, 0.25) is 0 Å². The van der Waals surface area contributed by atoms with Gasteiger partial charge in [-0.1, -0.05) is 13.5 Å². The van der Waals surface area contributed by atoms with Gasteiger partial charge in [-0.2, -0.15) is 0 Å². The lowest BCUT2D eigenvalue weighted by molar-refractivity contribution is 1.05. The van der Waals surface area contributed by atoms with Gasteiger partial charge in [-0.05, 0) is 18.9 Å². The number of rotatable bonds is 2. The van der Waals surface area contributed by atoms with E-state index in [9.17, 15) is 0 Å². The molecule has 0 saturated carbocycles. The van der Waals surface area contributed by atoms with Crippen LogP contribution in [-0.2, 0) is 0 Å². The van der Waals surface area contributed by atoms with Gasteiger partial charge in [0.1, 0.15) is 11.6 Å². The zero-order valence-corrected chi connectivity index (χ0v) is 7.46. The molecule has 12 heavy (non-hydrogen) atoms. The Morgan fingerprint density at radius 3 is 2.83 bits per heavy atom. The molecule has 1 rings (SSSR count). The van der Waals surface area contributed by atoms with E-state index in [-0.39, 0.29) is 0 Å². The standard InChI is InChI=1S/C9H13N3/c1-4-6(2)8-5-11-7(3)12-9(8)10/h5H,2,4H2,1,3H3,(H2,10,11,12). The summed E-state index contributed by atoms with van der Waals surface area (Å²) < 4.78 is 0. The summed E-state index contributed by atoms with van der Waals surface area (Å²) in [7, 11) is 0. The number of aryl methyl sites for hydroxylation is 1. The second kappa shape index (κ2) is 3.34. The maximum atomic E-state index is 5.69. The van der Waals surface area contributed by atoms with Crippen molar-refractivity contribution in [2.24, 2.45) is 0 Å². The summed E-state index contributed by atoms with van der Waals surface area (Å²) in [5.74, 6) is 1.22. The Kier molecular flexibility index (Phi) is 2.43. The molecule has 1 aromatic rings. The molecular weight excluding hydrogens is 150 g/mol. The van der Waals surface area contributed by atoms with Gasteiger partial charge >= 0.3 is 0 Å². The van der Waals surface area contributed by atoms with Crippen LogP contribution in [0.15, 0.2) is 12.8 Å². The highest BCUT2D eigenvalue weighted by molar-refractivity contribution is 5.70. The maximum Gasteiger partial charge on any atom is 0.134 e. The van der Waals surface area contributed by atoms with Crippen LogP contribution in [0.5, 0.6) is 0 Å². The first kappa shape index (κ1) is 8.71. The molecule has 0 radical (unpaired) electrons. The van der Waals surface area contributed by atoms with Crippen molar-refractivity contribution in [1.82, 2.24) is 9.97 Å². The molecule has 1 aromatic heterocycles. The van der Waals surface area contributed by atoms with Crippen molar-refractivity contribution in [2.45, 2.75) is 20.3 Å². The van der Waals surface area contributed by atoms with Crippen LogP contribution in [0.3, 0.4) is 0 Å². The zero-order valence-electron chi connectivity index (χ0n) is 7.46. The zero-order chi connectivity index (χ0) is 9.14. The third-order valence-electron chi connectivity index (χ3n) is 1.75. The van der Waals surface area contributed by atoms with Gasteiger partial charge in [0.05, 0.1) is 0 Å². The molecule has 1 heterocycles. The molecule has 0 atom stereocenters. The topological polar surface area (TPSA) is 51.8 Å². The molecule has 3 nitrogen and oxygen atoms in total. The van der Waals surface area contributed by atoms with Gasteiger partial charge in [0.2, 0.25) is 0 Å². The average Bonchev–Trinajstić information content (AvgIpc) is 2.03. The van der Waals surface area contributed by atoms with E-state index >= 15 is 0 Å². The van der Waals surface area contributed by atoms with E-state index in [4.69, 9.17) is 5.73 Å². The number of anilines is 1. The van der Waals surface area contributed by atoms with Crippen molar-refractivity contribution >= 4 is 11.4 Å². The second-order valence-electron chi connectivity index (χ2n) is 2.67. The van der Waals surface area contributed by atoms with E-state index in [1.807, 2.05) is 13.8 Å². The number of nitrogens with zero attached hydrogens (tertiary/aromatic N) is 2. The molecule has 64 valence electrons. The predicted octanol–water partition coefficient (Wildman–Crippen LogP) is 1.79. The van der Waals surface area contributed by atoms with E-state index in [1.54, 1.807) is 6.20 Å². The summed E-state index contributed by atoms with van der Waals surface area (Å²) in [5.41, 5.74) is 7.53. The molecule has 0 aliphatic heterocycles. The minimum absolute atomic E-state index is 0.523. The summed E-state index contributed by atoms with van der Waals surface area (Å²) in [4.78, 5) is 8.11. The Morgan fingerprint density at radius 2 is 2.33 bits per heavy atom. The molecule has 2 N–H and O–H groups in total. The third kappa shape index (κ3) is 1.61. The smallest absolute Gasteiger partial charge is 0.134 e. The van der Waals surface area contributed by atoms with Crippen molar-refractivity contribution in [3.63, 3.8) is 0 Å². The highest BCUT2D eigenvalue weighted by Crippen LogP contribution is 2.19. The quantitative estimate of drug-likeness (QED) is 0.723. The highest BCUT2D eigenvalue weighted by Gasteiger charge is 2.03. The van der Waals surface area contributed by atoms with E-state index in [1.165, 1.54) is 0 Å². The van der Waals surface area contributed by atoms with Crippen LogP contribution in [0.1, 0.15) is 24.7 Å². The molecule has 0 aliphatic rings. The first-order chi connectivity index (χ1) is 5.65. The molecule has 0 saturated heterocycles. The van der Waals surface area contributed by atoms with Gasteiger partial charge < -0.3 is 5.73 Å². The molecule has 0 aliphatic carbocycles. The lowest BCUT2D eigenvalue weighted by Gasteiger charge is -2.05. The fraction of sp³-hybridized carbons (Fsp3) is 0.333. The van der Waals surface area contributed by atoms with Gasteiger partial charge in [0.15, 0.2) is 0 Å². The number of nitrogens with two attached hydrogens (primary N) is 1. The van der Waals surface area contributed by atoms with Crippen LogP contribution in [0, 0.1) is 6.92 Å². The van der Waals surface area contributed by atoms with Gasteiger partial charge in [0.25, 0.3) is 0 Å². The molecule has 0 aromatic carbocycles. The fourth-order valence-electron chi connectivity index (χ4n) is 0.950. The Morgan fingerprint density at radius 1 is 1.67 bits per heavy atom. The number of hydrogen-bond acceptors (Lipinski definition) is 3. The molecule has 3 heteroatoms. The fourth-order valence-corrected chi connectivity index (χ4v) is 0.950. The number of nitrogen functional groups attached to an aromatic ring is 1. The first-order valence-electron chi connectivity index (χ1n) is 3.92. The largest absolute Gasteiger partial charge is 0.383 e. The van der Waals surface area contributed by atoms with Crippen molar-refractivity contribution in [2.75, 3.05) is 5.73 Å². The monoisotopic (exact) mass is 163 g/mol. The van der Waals surface area contributed by atoms with Crippen molar-refractivity contribution < 1.29 is 0 Å². The average molecular weight is 163 g/mol. The van der Waals surface area contributed by atoms with Crippen molar-refractivity contribution in [1.29, 1.82) is 0 Å².